The maximum Gasteiger partial charge on any atom is 0.337 e. The van der Waals surface area contributed by atoms with Gasteiger partial charge in [0.1, 0.15) is 23.5 Å². The van der Waals surface area contributed by atoms with E-state index >= 15 is 4.39 Å². The summed E-state index contributed by atoms with van der Waals surface area (Å²) in [5, 5.41) is 5.39. The quantitative estimate of drug-likeness (QED) is 0.515. The molecule has 0 bridgehead atoms. The second-order valence-corrected chi connectivity index (χ2v) is 7.45. The molecule has 3 N–H and O–H groups in total. The number of carbonyl (C=O) groups is 1. The second-order valence-electron chi connectivity index (χ2n) is 7.45. The van der Waals surface area contributed by atoms with Crippen molar-refractivity contribution < 1.29 is 13.9 Å². The summed E-state index contributed by atoms with van der Waals surface area (Å²) in [5.74, 6) is -0.780. The van der Waals surface area contributed by atoms with E-state index in [1.165, 1.54) is 31.6 Å². The molecule has 1 aromatic carbocycles. The Kier molecular flexibility index (Phi) is 3.84. The van der Waals surface area contributed by atoms with E-state index < -0.39 is 17.3 Å². The number of methoxy groups -OCH3 is 1. The van der Waals surface area contributed by atoms with Gasteiger partial charge in [0.15, 0.2) is 11.5 Å². The van der Waals surface area contributed by atoms with E-state index in [9.17, 15) is 4.79 Å². The summed E-state index contributed by atoms with van der Waals surface area (Å²) in [4.78, 5) is 23.1. The van der Waals surface area contributed by atoms with Crippen molar-refractivity contribution in [2.45, 2.75) is 26.3 Å². The lowest BCUT2D eigenvalue weighted by Crippen LogP contribution is -2.23. The van der Waals surface area contributed by atoms with Crippen molar-refractivity contribution in [1.82, 2.24) is 24.7 Å². The molecule has 0 atom stereocenters. The number of nitrogens with two attached hydrogens (primary N) is 1. The highest BCUT2D eigenvalue weighted by molar-refractivity contribution is 6.01. The highest BCUT2D eigenvalue weighted by atomic mass is 19.1. The molecule has 0 fully saturated rings. The van der Waals surface area contributed by atoms with Crippen molar-refractivity contribution in [3.63, 3.8) is 0 Å². The number of hydrogen-bond donors (Lipinski definition) is 2. The van der Waals surface area contributed by atoms with Gasteiger partial charge in [-0.2, -0.15) is 5.10 Å². The summed E-state index contributed by atoms with van der Waals surface area (Å²) in [5.41, 5.74) is 7.43. The van der Waals surface area contributed by atoms with Gasteiger partial charge in [0.2, 0.25) is 0 Å². The number of aromatic amines is 1. The predicted octanol–water partition coefficient (Wildman–Crippen LogP) is 3.24. The van der Waals surface area contributed by atoms with Crippen LogP contribution in [-0.4, -0.2) is 37.8 Å². The molecule has 0 aliphatic rings. The average molecular weight is 382 g/mol. The molecule has 3 heterocycles. The maximum absolute atomic E-state index is 15.2. The SMILES string of the molecule is COC(=O)c1ccc2c(F)c(-c3nn(C(C)(C)C)c4ncnc(N)c34)[nH]c2c1. The fourth-order valence-corrected chi connectivity index (χ4v) is 3.19. The Morgan fingerprint density at radius 1 is 1.29 bits per heavy atom. The number of H-pyrrole nitrogens is 1. The molecule has 0 radical (unpaired) electrons. The fraction of sp³-hybridized carbons (Fsp3) is 0.263. The smallest absolute Gasteiger partial charge is 0.337 e. The van der Waals surface area contributed by atoms with Crippen LogP contribution in [0.5, 0.6) is 0 Å². The topological polar surface area (TPSA) is 112 Å². The summed E-state index contributed by atoms with van der Waals surface area (Å²) in [6.07, 6.45) is 1.36. The van der Waals surface area contributed by atoms with Crippen molar-refractivity contribution in [1.29, 1.82) is 0 Å². The summed E-state index contributed by atoms with van der Waals surface area (Å²) in [6.45, 7) is 5.89. The van der Waals surface area contributed by atoms with Gasteiger partial charge in [0.05, 0.1) is 23.6 Å². The molecule has 28 heavy (non-hydrogen) atoms. The fourth-order valence-electron chi connectivity index (χ4n) is 3.19. The van der Waals surface area contributed by atoms with Gasteiger partial charge in [0.25, 0.3) is 0 Å². The van der Waals surface area contributed by atoms with Gasteiger partial charge in [0, 0.05) is 10.9 Å². The van der Waals surface area contributed by atoms with Crippen LogP contribution in [0.4, 0.5) is 10.2 Å². The third-order valence-corrected chi connectivity index (χ3v) is 4.52. The normalized spacial score (nSPS) is 12.0. The highest BCUT2D eigenvalue weighted by Gasteiger charge is 2.27. The number of aromatic nitrogens is 5. The zero-order chi connectivity index (χ0) is 20.2. The summed E-state index contributed by atoms with van der Waals surface area (Å²) in [6, 6.07) is 4.58. The summed E-state index contributed by atoms with van der Waals surface area (Å²) >= 11 is 0. The van der Waals surface area contributed by atoms with Gasteiger partial charge >= 0.3 is 5.97 Å². The van der Waals surface area contributed by atoms with Gasteiger partial charge < -0.3 is 15.5 Å². The van der Waals surface area contributed by atoms with Crippen molar-refractivity contribution in [3.8, 4) is 11.4 Å². The Hall–Kier alpha value is -3.49. The molecule has 0 aliphatic carbocycles. The standard InChI is InChI=1S/C19H19FN6O2/c1-19(2,3)26-17-12(16(21)22-8-23-17)14(25-26)15-13(20)10-6-5-9(18(27)28-4)7-11(10)24-15/h5-8,24H,1-4H3,(H2,21,22,23). The minimum Gasteiger partial charge on any atom is -0.465 e. The largest absolute Gasteiger partial charge is 0.465 e. The van der Waals surface area contributed by atoms with Gasteiger partial charge in [-0.3, -0.25) is 0 Å². The van der Waals surface area contributed by atoms with Crippen molar-refractivity contribution in [2.24, 2.45) is 0 Å². The number of benzene rings is 1. The number of anilines is 1. The van der Waals surface area contributed by atoms with E-state index in [0.29, 0.717) is 33.2 Å². The van der Waals surface area contributed by atoms with Crippen LogP contribution in [0.15, 0.2) is 24.5 Å². The molecule has 0 unspecified atom stereocenters. The minimum absolute atomic E-state index is 0.159. The average Bonchev–Trinajstić information content (AvgIpc) is 3.20. The summed E-state index contributed by atoms with van der Waals surface area (Å²) in [7, 11) is 1.29. The Bertz CT molecular complexity index is 1230. The van der Waals surface area contributed by atoms with Crippen LogP contribution in [0.25, 0.3) is 33.3 Å². The number of halogens is 1. The van der Waals surface area contributed by atoms with Crippen LogP contribution in [0.2, 0.25) is 0 Å². The van der Waals surface area contributed by atoms with Gasteiger partial charge in [-0.25, -0.2) is 23.8 Å². The number of nitrogens with zero attached hydrogens (tertiary/aromatic N) is 4. The van der Waals surface area contributed by atoms with Gasteiger partial charge in [-0.1, -0.05) is 0 Å². The Morgan fingerprint density at radius 3 is 2.71 bits per heavy atom. The van der Waals surface area contributed by atoms with Crippen molar-refractivity contribution in [3.05, 3.63) is 35.9 Å². The lowest BCUT2D eigenvalue weighted by molar-refractivity contribution is 0.0601. The molecule has 0 saturated carbocycles. The number of nitrogens with one attached hydrogen (secondary N) is 1. The van der Waals surface area contributed by atoms with Crippen LogP contribution in [0.3, 0.4) is 0 Å². The van der Waals surface area contributed by atoms with Crippen LogP contribution >= 0.6 is 0 Å². The van der Waals surface area contributed by atoms with E-state index in [1.807, 2.05) is 20.8 Å². The van der Waals surface area contributed by atoms with Gasteiger partial charge in [-0.05, 0) is 39.0 Å². The molecular weight excluding hydrogens is 363 g/mol. The molecule has 0 saturated heterocycles. The Morgan fingerprint density at radius 2 is 2.04 bits per heavy atom. The number of carbonyl (C=O) groups excluding carboxylic acids is 1. The number of rotatable bonds is 2. The second kappa shape index (κ2) is 6.01. The molecule has 9 heteroatoms. The van der Waals surface area contributed by atoms with Gasteiger partial charge in [-0.15, -0.1) is 0 Å². The first-order valence-corrected chi connectivity index (χ1v) is 8.62. The first-order valence-electron chi connectivity index (χ1n) is 8.62. The molecule has 4 aromatic rings. The third-order valence-electron chi connectivity index (χ3n) is 4.52. The molecule has 8 nitrogen and oxygen atoms in total. The minimum atomic E-state index is -0.501. The molecule has 4 rings (SSSR count). The number of ether oxygens (including phenoxy) is 1. The maximum atomic E-state index is 15.2. The molecule has 0 amide bonds. The lowest BCUT2D eigenvalue weighted by atomic mass is 10.1. The predicted molar refractivity (Wildman–Crippen MR) is 103 cm³/mol. The van der Waals surface area contributed by atoms with E-state index in [1.54, 1.807) is 4.68 Å². The molecular formula is C19H19FN6O2. The first-order chi connectivity index (χ1) is 13.2. The van der Waals surface area contributed by atoms with Crippen LogP contribution in [0.1, 0.15) is 31.1 Å². The van der Waals surface area contributed by atoms with E-state index in [2.05, 4.69) is 20.1 Å². The van der Waals surface area contributed by atoms with Crippen LogP contribution in [-0.2, 0) is 10.3 Å². The van der Waals surface area contributed by atoms with Crippen molar-refractivity contribution >= 4 is 33.7 Å². The zero-order valence-corrected chi connectivity index (χ0v) is 15.9. The number of esters is 1. The van der Waals surface area contributed by atoms with Crippen LogP contribution < -0.4 is 5.73 Å². The monoisotopic (exact) mass is 382 g/mol. The lowest BCUT2D eigenvalue weighted by Gasteiger charge is -2.19. The first kappa shape index (κ1) is 17.9. The number of fused-ring (bicyclic) bond motifs is 2. The highest BCUT2D eigenvalue weighted by Crippen LogP contribution is 2.36. The van der Waals surface area contributed by atoms with Crippen LogP contribution in [0, 0.1) is 5.82 Å². The van der Waals surface area contributed by atoms with E-state index in [0.717, 1.165) is 0 Å². The zero-order valence-electron chi connectivity index (χ0n) is 15.9. The van der Waals surface area contributed by atoms with E-state index in [4.69, 9.17) is 10.5 Å². The molecule has 0 spiro atoms. The Labute approximate surface area is 159 Å². The van der Waals surface area contributed by atoms with E-state index in [-0.39, 0.29) is 11.5 Å². The van der Waals surface area contributed by atoms with Crippen molar-refractivity contribution in [2.75, 3.05) is 12.8 Å². The Balaban J connectivity index is 2.02. The molecule has 0 aliphatic heterocycles. The number of nitrogen functional groups attached to an aromatic ring is 1. The molecule has 3 aromatic heterocycles. The summed E-state index contributed by atoms with van der Waals surface area (Å²) < 4.78 is 21.6. The molecule has 144 valence electrons. The number of hydrogen-bond acceptors (Lipinski definition) is 6. The third kappa shape index (κ3) is 2.58.